The molecule has 1 aliphatic carbocycles. The number of anilines is 1. The molecule has 1 saturated carbocycles. The van der Waals surface area contributed by atoms with Crippen molar-refractivity contribution in [3.8, 4) is 0 Å². The first-order valence-electron chi connectivity index (χ1n) is 7.69. The van der Waals surface area contributed by atoms with Crippen LogP contribution in [0.25, 0.3) is 0 Å². The maximum atomic E-state index is 12.4. The topological polar surface area (TPSA) is 59.2 Å². The van der Waals surface area contributed by atoms with Gasteiger partial charge in [-0.15, -0.1) is 0 Å². The van der Waals surface area contributed by atoms with E-state index in [1.54, 1.807) is 18.3 Å². The Morgan fingerprint density at radius 1 is 1.10 bits per heavy atom. The molecule has 1 aromatic rings. The second-order valence-corrected chi connectivity index (χ2v) is 6.32. The molecule has 0 bridgehead atoms. The number of carbonyl (C=O) groups excluding carboxylic acids is 1. The summed E-state index contributed by atoms with van der Waals surface area (Å²) in [5.41, 5.74) is 6.75. The van der Waals surface area contributed by atoms with Gasteiger partial charge in [0, 0.05) is 19.3 Å². The van der Waals surface area contributed by atoms with Crippen LogP contribution in [-0.2, 0) is 0 Å². The van der Waals surface area contributed by atoms with Crippen LogP contribution in [0.4, 0.5) is 5.82 Å². The normalized spacial score (nSPS) is 21.9. The van der Waals surface area contributed by atoms with Gasteiger partial charge in [-0.25, -0.2) is 4.98 Å². The summed E-state index contributed by atoms with van der Waals surface area (Å²) in [5.74, 6) is 0.560. The van der Waals surface area contributed by atoms with Gasteiger partial charge in [-0.1, -0.05) is 19.3 Å². The SMILES string of the molecule is Nc1ccc(C(=O)N2CCC3(CCCCC3)CC2)cn1. The fourth-order valence-electron chi connectivity index (χ4n) is 3.70. The number of nitrogens with two attached hydrogens (primary N) is 1. The quantitative estimate of drug-likeness (QED) is 0.856. The van der Waals surface area contributed by atoms with E-state index in [9.17, 15) is 4.79 Å². The van der Waals surface area contributed by atoms with Crippen molar-refractivity contribution in [2.45, 2.75) is 44.9 Å². The van der Waals surface area contributed by atoms with Gasteiger partial charge in [0.25, 0.3) is 5.91 Å². The summed E-state index contributed by atoms with van der Waals surface area (Å²) in [6.45, 7) is 1.78. The number of rotatable bonds is 1. The minimum atomic E-state index is 0.100. The van der Waals surface area contributed by atoms with E-state index in [2.05, 4.69) is 4.98 Å². The van der Waals surface area contributed by atoms with Crippen molar-refractivity contribution >= 4 is 11.7 Å². The lowest BCUT2D eigenvalue weighted by Crippen LogP contribution is -2.43. The molecule has 2 fully saturated rings. The first kappa shape index (κ1) is 13.4. The number of aromatic nitrogens is 1. The lowest BCUT2D eigenvalue weighted by Gasteiger charge is -2.44. The molecule has 1 amide bonds. The summed E-state index contributed by atoms with van der Waals surface area (Å²) in [4.78, 5) is 18.4. The standard InChI is InChI=1S/C16H23N3O/c17-14-5-4-13(12-18-14)15(20)19-10-8-16(9-11-19)6-2-1-3-7-16/h4-5,12H,1-3,6-11H2,(H2,17,18). The first-order valence-corrected chi connectivity index (χ1v) is 7.69. The third-order valence-electron chi connectivity index (χ3n) is 5.06. The Balaban J connectivity index is 1.62. The molecule has 2 N–H and O–H groups in total. The van der Waals surface area contributed by atoms with Gasteiger partial charge >= 0.3 is 0 Å². The number of hydrogen-bond donors (Lipinski definition) is 1. The Hall–Kier alpha value is -1.58. The van der Waals surface area contributed by atoms with E-state index in [0.29, 0.717) is 16.8 Å². The van der Waals surface area contributed by atoms with Crippen LogP contribution in [0.5, 0.6) is 0 Å². The number of pyridine rings is 1. The zero-order chi connectivity index (χ0) is 14.0. The van der Waals surface area contributed by atoms with E-state index in [1.165, 1.54) is 44.9 Å². The minimum absolute atomic E-state index is 0.100. The van der Waals surface area contributed by atoms with Crippen LogP contribution in [0.3, 0.4) is 0 Å². The van der Waals surface area contributed by atoms with Crippen LogP contribution in [0.15, 0.2) is 18.3 Å². The molecule has 4 heteroatoms. The Morgan fingerprint density at radius 3 is 2.40 bits per heavy atom. The number of nitrogens with zero attached hydrogens (tertiary/aromatic N) is 2. The Kier molecular flexibility index (Phi) is 3.64. The molecule has 1 saturated heterocycles. The molecule has 2 aliphatic rings. The molecule has 0 unspecified atom stereocenters. The second-order valence-electron chi connectivity index (χ2n) is 6.32. The van der Waals surface area contributed by atoms with E-state index in [-0.39, 0.29) is 5.91 Å². The third kappa shape index (κ3) is 2.65. The number of amides is 1. The molecular formula is C16H23N3O. The van der Waals surface area contributed by atoms with Gasteiger partial charge in [0.2, 0.25) is 0 Å². The van der Waals surface area contributed by atoms with Gasteiger partial charge < -0.3 is 10.6 Å². The lowest BCUT2D eigenvalue weighted by molar-refractivity contribution is 0.0471. The predicted molar refractivity (Wildman–Crippen MR) is 79.3 cm³/mol. The van der Waals surface area contributed by atoms with Gasteiger partial charge in [0.05, 0.1) is 5.56 Å². The van der Waals surface area contributed by atoms with Crippen LogP contribution < -0.4 is 5.73 Å². The molecule has 1 aliphatic heterocycles. The third-order valence-corrected chi connectivity index (χ3v) is 5.06. The maximum Gasteiger partial charge on any atom is 0.255 e. The van der Waals surface area contributed by atoms with Crippen molar-refractivity contribution in [1.29, 1.82) is 0 Å². The van der Waals surface area contributed by atoms with Gasteiger partial charge in [0.1, 0.15) is 5.82 Å². The van der Waals surface area contributed by atoms with Crippen LogP contribution in [0, 0.1) is 5.41 Å². The summed E-state index contributed by atoms with van der Waals surface area (Å²) in [6, 6.07) is 3.47. The number of nitrogen functional groups attached to an aromatic ring is 1. The molecule has 108 valence electrons. The highest BCUT2D eigenvalue weighted by Crippen LogP contribution is 2.44. The lowest BCUT2D eigenvalue weighted by atomic mass is 9.68. The average Bonchev–Trinajstić information content (AvgIpc) is 2.49. The van der Waals surface area contributed by atoms with E-state index in [1.807, 2.05) is 4.90 Å². The molecule has 2 heterocycles. The molecule has 20 heavy (non-hydrogen) atoms. The van der Waals surface area contributed by atoms with Crippen LogP contribution in [0.2, 0.25) is 0 Å². The zero-order valence-electron chi connectivity index (χ0n) is 12.0. The van der Waals surface area contributed by atoms with Crippen molar-refractivity contribution in [2.75, 3.05) is 18.8 Å². The second kappa shape index (κ2) is 5.43. The number of carbonyl (C=O) groups is 1. The predicted octanol–water partition coefficient (Wildman–Crippen LogP) is 2.85. The fraction of sp³-hybridized carbons (Fsp3) is 0.625. The molecule has 1 aromatic heterocycles. The Labute approximate surface area is 120 Å². The van der Waals surface area contributed by atoms with Crippen LogP contribution >= 0.6 is 0 Å². The Bertz CT molecular complexity index is 467. The number of likely N-dealkylation sites (tertiary alicyclic amines) is 1. The van der Waals surface area contributed by atoms with Gasteiger partial charge in [-0.2, -0.15) is 0 Å². The fourth-order valence-corrected chi connectivity index (χ4v) is 3.70. The zero-order valence-corrected chi connectivity index (χ0v) is 12.0. The van der Waals surface area contributed by atoms with Crippen molar-refractivity contribution < 1.29 is 4.79 Å². The van der Waals surface area contributed by atoms with Crippen molar-refractivity contribution in [1.82, 2.24) is 9.88 Å². The highest BCUT2D eigenvalue weighted by atomic mass is 16.2. The molecule has 0 radical (unpaired) electrons. The van der Waals surface area contributed by atoms with E-state index in [4.69, 9.17) is 5.73 Å². The molecule has 0 atom stereocenters. The summed E-state index contributed by atoms with van der Waals surface area (Å²) in [5, 5.41) is 0. The molecule has 4 nitrogen and oxygen atoms in total. The smallest absolute Gasteiger partial charge is 0.255 e. The summed E-state index contributed by atoms with van der Waals surface area (Å²) in [6.07, 6.45) is 10.8. The molecular weight excluding hydrogens is 250 g/mol. The average molecular weight is 273 g/mol. The monoisotopic (exact) mass is 273 g/mol. The highest BCUT2D eigenvalue weighted by Gasteiger charge is 2.36. The van der Waals surface area contributed by atoms with Crippen molar-refractivity contribution in [2.24, 2.45) is 5.41 Å². The summed E-state index contributed by atoms with van der Waals surface area (Å²) >= 11 is 0. The summed E-state index contributed by atoms with van der Waals surface area (Å²) < 4.78 is 0. The Morgan fingerprint density at radius 2 is 1.80 bits per heavy atom. The largest absolute Gasteiger partial charge is 0.384 e. The van der Waals surface area contributed by atoms with Gasteiger partial charge in [-0.3, -0.25) is 4.79 Å². The van der Waals surface area contributed by atoms with Crippen molar-refractivity contribution in [3.05, 3.63) is 23.9 Å². The number of hydrogen-bond acceptors (Lipinski definition) is 3. The summed E-state index contributed by atoms with van der Waals surface area (Å²) in [7, 11) is 0. The van der Waals surface area contributed by atoms with Crippen molar-refractivity contribution in [3.63, 3.8) is 0 Å². The first-order chi connectivity index (χ1) is 9.69. The van der Waals surface area contributed by atoms with Gasteiger partial charge in [-0.05, 0) is 43.2 Å². The van der Waals surface area contributed by atoms with Crippen LogP contribution in [0.1, 0.15) is 55.3 Å². The van der Waals surface area contributed by atoms with Crippen LogP contribution in [-0.4, -0.2) is 28.9 Å². The van der Waals surface area contributed by atoms with Gasteiger partial charge in [0.15, 0.2) is 0 Å². The van der Waals surface area contributed by atoms with E-state index >= 15 is 0 Å². The van der Waals surface area contributed by atoms with E-state index < -0.39 is 0 Å². The number of piperidine rings is 1. The maximum absolute atomic E-state index is 12.4. The minimum Gasteiger partial charge on any atom is -0.384 e. The molecule has 3 rings (SSSR count). The highest BCUT2D eigenvalue weighted by molar-refractivity contribution is 5.94. The van der Waals surface area contributed by atoms with E-state index in [0.717, 1.165) is 13.1 Å². The molecule has 0 aromatic carbocycles. The molecule has 1 spiro atoms.